The number of nitrogens with zero attached hydrogens (tertiary/aromatic N) is 6. The fourth-order valence-electron chi connectivity index (χ4n) is 13.9. The Labute approximate surface area is 484 Å². The summed E-state index contributed by atoms with van der Waals surface area (Å²) in [5.74, 6) is 0.420. The molecule has 4 amide bonds. The number of benzene rings is 3. The number of carbonyl (C=O) groups excluding carboxylic acids is 4. The number of anilines is 2. The number of imidazole rings is 2. The number of ether oxygens (including phenoxy) is 4. The number of hydrogen-bond acceptors (Lipinski definition) is 12. The number of fused-ring (bicyclic) bond motifs is 1. The van der Waals surface area contributed by atoms with Crippen molar-refractivity contribution in [2.75, 3.05) is 76.6 Å². The molecule has 11 rings (SSSR count). The molecule has 2 aromatic heterocycles. The van der Waals surface area contributed by atoms with E-state index in [2.05, 4.69) is 26.5 Å². The van der Waals surface area contributed by atoms with Gasteiger partial charge in [-0.3, -0.25) is 9.59 Å². The van der Waals surface area contributed by atoms with Crippen molar-refractivity contribution in [1.82, 2.24) is 40.4 Å². The molecular weight excluding hydrogens is 1090 g/mol. The van der Waals surface area contributed by atoms with E-state index >= 15 is 13.2 Å². The van der Waals surface area contributed by atoms with Gasteiger partial charge >= 0.3 is 12.2 Å². The molecule has 6 aliphatic heterocycles. The first-order chi connectivity index (χ1) is 40.8. The summed E-state index contributed by atoms with van der Waals surface area (Å²) in [4.78, 5) is 77.7. The average molecular weight is 1160 g/mol. The van der Waals surface area contributed by atoms with Crippen LogP contribution >= 0.6 is 0 Å². The van der Waals surface area contributed by atoms with E-state index in [0.29, 0.717) is 169 Å². The number of likely N-dealkylation sites (tertiary alicyclic amines) is 2. The van der Waals surface area contributed by atoms with Crippen molar-refractivity contribution in [3.05, 3.63) is 105 Å². The Balaban J connectivity index is 0.903. The van der Waals surface area contributed by atoms with Gasteiger partial charge in [-0.25, -0.2) is 37.1 Å². The number of piperidine rings is 1. The van der Waals surface area contributed by atoms with Crippen LogP contribution < -0.4 is 31.1 Å². The molecule has 0 spiro atoms. The van der Waals surface area contributed by atoms with E-state index in [4.69, 9.17) is 35.3 Å². The standard InChI is InChI=1S/C62H72F4N10O8/c1-4-7-47-48(68-57(67-47)52-8-5-24-74(52)59(77)54(71-61(79)81-2)38-20-28-83-29-21-38)16-14-41-15-17-51(76(41)42-32-45(65)56(46(66)33-42)73-26-18-37(19-27-73)36-10-12-40(63)13-11-36)43-34-49-50(35-44(43)64)70-58(69-49)53-9-6-25-75(53)60(78)55(72-62(80)82-3)39-22-30-84-31-23-39/h1,7,10-13,16,32-35,37-39,41,51-55H,5-6,8-9,14-15,17-31H2,2-3H3,(H,67,68)(H,69,70)(H,71,79)(H,72,80)/b47-7+,48-16+/t41-,51+,52-,53-,54-,55-/m0/s1. The van der Waals surface area contributed by atoms with Crippen molar-refractivity contribution in [3.63, 3.8) is 0 Å². The molecule has 0 aliphatic carbocycles. The summed E-state index contributed by atoms with van der Waals surface area (Å²) >= 11 is 0. The zero-order valence-electron chi connectivity index (χ0n) is 47.4. The van der Waals surface area contributed by atoms with Gasteiger partial charge in [-0.1, -0.05) is 24.1 Å². The molecule has 0 bridgehead atoms. The molecule has 6 saturated heterocycles. The minimum Gasteiger partial charge on any atom is -0.453 e. The minimum absolute atomic E-state index is 0.103. The van der Waals surface area contributed by atoms with E-state index in [1.807, 2.05) is 11.0 Å². The molecular formula is C62H72F4N10O8. The lowest BCUT2D eigenvalue weighted by Gasteiger charge is -2.36. The summed E-state index contributed by atoms with van der Waals surface area (Å²) in [5, 5.41) is 6.61. The van der Waals surface area contributed by atoms with Crippen molar-refractivity contribution in [3.8, 4) is 12.3 Å². The third-order valence-corrected chi connectivity index (χ3v) is 18.2. The quantitative estimate of drug-likeness (QED) is 0.0621. The van der Waals surface area contributed by atoms with Crippen molar-refractivity contribution in [2.45, 2.75) is 126 Å². The van der Waals surface area contributed by atoms with Crippen LogP contribution in [0.4, 0.5) is 38.5 Å². The maximum Gasteiger partial charge on any atom is 0.407 e. The lowest BCUT2D eigenvalue weighted by atomic mass is 9.89. The Morgan fingerprint density at radius 1 is 0.702 bits per heavy atom. The van der Waals surface area contributed by atoms with Gasteiger partial charge in [0, 0.05) is 82.0 Å². The second-order valence-electron chi connectivity index (χ2n) is 22.9. The molecule has 84 heavy (non-hydrogen) atoms. The van der Waals surface area contributed by atoms with Gasteiger partial charge in [-0.15, -0.1) is 6.42 Å². The number of aromatic amines is 2. The van der Waals surface area contributed by atoms with Gasteiger partial charge in [0.05, 0.1) is 54.1 Å². The molecule has 4 N–H and O–H groups in total. The number of H-pyrrole nitrogens is 2. The van der Waals surface area contributed by atoms with Crippen molar-refractivity contribution >= 4 is 58.6 Å². The van der Waals surface area contributed by atoms with Gasteiger partial charge in [0.15, 0.2) is 11.6 Å². The summed E-state index contributed by atoms with van der Waals surface area (Å²) in [6.45, 7) is 3.47. The largest absolute Gasteiger partial charge is 0.453 e. The smallest absolute Gasteiger partial charge is 0.407 e. The van der Waals surface area contributed by atoms with Crippen molar-refractivity contribution < 1.29 is 55.7 Å². The van der Waals surface area contributed by atoms with Gasteiger partial charge in [0.2, 0.25) is 11.8 Å². The molecule has 8 heterocycles. The highest BCUT2D eigenvalue weighted by atomic mass is 19.1. The molecule has 0 radical (unpaired) electrons. The van der Waals surface area contributed by atoms with Gasteiger partial charge < -0.3 is 59.1 Å². The van der Waals surface area contributed by atoms with Crippen LogP contribution in [0, 0.1) is 47.4 Å². The summed E-state index contributed by atoms with van der Waals surface area (Å²) in [5.41, 5.74) is 2.19. The normalized spacial score (nSPS) is 23.1. The van der Waals surface area contributed by atoms with Crippen LogP contribution in [0.5, 0.6) is 0 Å². The number of methoxy groups -OCH3 is 2. The molecule has 6 atom stereocenters. The molecule has 6 aliphatic rings. The monoisotopic (exact) mass is 1160 g/mol. The minimum atomic E-state index is -0.845. The zero-order chi connectivity index (χ0) is 58.6. The Bertz CT molecular complexity index is 3370. The number of hydrogen-bond donors (Lipinski definition) is 4. The fourth-order valence-corrected chi connectivity index (χ4v) is 13.9. The van der Waals surface area contributed by atoms with Crippen molar-refractivity contribution in [1.29, 1.82) is 0 Å². The second kappa shape index (κ2) is 25.7. The summed E-state index contributed by atoms with van der Waals surface area (Å²) < 4.78 is 85.6. The number of nitrogens with one attached hydrogen (secondary N) is 4. The van der Waals surface area contributed by atoms with E-state index in [9.17, 15) is 23.6 Å². The number of carbonyl (C=O) groups is 4. The number of amides is 4. The number of alkyl carbamates (subject to hydrolysis) is 2. The highest BCUT2D eigenvalue weighted by molar-refractivity contribution is 5.87. The van der Waals surface area contributed by atoms with Crippen LogP contribution in [-0.4, -0.2) is 139 Å². The van der Waals surface area contributed by atoms with Gasteiger partial charge in [-0.05, 0) is 137 Å². The SMILES string of the molecule is C#C/C=c1/nc([C@@H]2CCCN2C(=O)[C@@H](NC(=O)OC)C2CCOCC2)[nH]/c1=C/C[C@H]1CC[C@H](c2cc3[nH]c([C@@H]4CCCN4C(=O)[C@@H](NC(=O)OC)C4CCOCC4)nc3cc2F)N1c1cc(F)c(N2CCC(c3ccc(F)cc3)CC2)c(F)c1. The van der Waals surface area contributed by atoms with E-state index in [0.717, 1.165) is 5.56 Å². The zero-order valence-corrected chi connectivity index (χ0v) is 47.4. The first-order valence-electron chi connectivity index (χ1n) is 29.4. The Morgan fingerprint density at radius 2 is 1.27 bits per heavy atom. The predicted molar refractivity (Wildman–Crippen MR) is 305 cm³/mol. The number of rotatable bonds is 14. The van der Waals surface area contributed by atoms with Crippen LogP contribution in [-0.2, 0) is 28.5 Å². The van der Waals surface area contributed by atoms with Crippen LogP contribution in [0.3, 0.4) is 0 Å². The molecule has 22 heteroatoms. The average Bonchev–Trinajstić information content (AvgIpc) is 2.85. The molecule has 446 valence electrons. The highest BCUT2D eigenvalue weighted by Gasteiger charge is 2.43. The Kier molecular flexibility index (Phi) is 17.8. The fraction of sp³-hybridized carbons (Fsp3) is 0.516. The third kappa shape index (κ3) is 12.2. The van der Waals surface area contributed by atoms with Gasteiger partial charge in [-0.2, -0.15) is 0 Å². The van der Waals surface area contributed by atoms with E-state index in [1.165, 1.54) is 50.6 Å². The highest BCUT2D eigenvalue weighted by Crippen LogP contribution is 2.45. The van der Waals surface area contributed by atoms with Crippen molar-refractivity contribution in [2.24, 2.45) is 11.8 Å². The predicted octanol–water partition coefficient (Wildman–Crippen LogP) is 7.85. The molecule has 0 unspecified atom stereocenters. The second-order valence-corrected chi connectivity index (χ2v) is 22.9. The maximum atomic E-state index is 17.1. The van der Waals surface area contributed by atoms with E-state index in [-0.39, 0.29) is 52.3 Å². The van der Waals surface area contributed by atoms with Gasteiger partial charge in [0.25, 0.3) is 0 Å². The summed E-state index contributed by atoms with van der Waals surface area (Å²) in [7, 11) is 2.51. The van der Waals surface area contributed by atoms with E-state index in [1.54, 1.807) is 32.9 Å². The topological polar surface area (TPSA) is 200 Å². The Morgan fingerprint density at radius 3 is 1.83 bits per heavy atom. The Hall–Kier alpha value is -7.64. The first-order valence-corrected chi connectivity index (χ1v) is 29.4. The summed E-state index contributed by atoms with van der Waals surface area (Å²) in [6.07, 6.45) is 15.2. The number of aromatic nitrogens is 4. The van der Waals surface area contributed by atoms with Crippen LogP contribution in [0.15, 0.2) is 48.5 Å². The molecule has 18 nitrogen and oxygen atoms in total. The maximum absolute atomic E-state index is 17.1. The third-order valence-electron chi connectivity index (χ3n) is 18.2. The van der Waals surface area contributed by atoms with Crippen LogP contribution in [0.25, 0.3) is 23.2 Å². The summed E-state index contributed by atoms with van der Waals surface area (Å²) in [6, 6.07) is 8.29. The first kappa shape index (κ1) is 58.1. The lowest BCUT2D eigenvalue weighted by Crippen LogP contribution is -2.53. The number of halogens is 4. The van der Waals surface area contributed by atoms with Gasteiger partial charge in [0.1, 0.15) is 41.1 Å². The number of terminal acetylenes is 1. The molecule has 5 aromatic rings. The van der Waals surface area contributed by atoms with E-state index < -0.39 is 65.9 Å². The molecule has 0 saturated carbocycles. The van der Waals surface area contributed by atoms with Crippen LogP contribution in [0.1, 0.15) is 130 Å². The molecule has 3 aromatic carbocycles. The lowest BCUT2D eigenvalue weighted by molar-refractivity contribution is -0.137. The van der Waals surface area contributed by atoms with Crippen LogP contribution in [0.2, 0.25) is 0 Å². The molecule has 6 fully saturated rings.